The molecule has 1 amide bonds. The van der Waals surface area contributed by atoms with Crippen molar-refractivity contribution in [3.8, 4) is 11.5 Å². The number of para-hydroxylation sites is 2. The predicted molar refractivity (Wildman–Crippen MR) is 85.0 cm³/mol. The van der Waals surface area contributed by atoms with E-state index in [0.29, 0.717) is 11.4 Å². The predicted octanol–water partition coefficient (Wildman–Crippen LogP) is 3.39. The van der Waals surface area contributed by atoms with Gasteiger partial charge >= 0.3 is 12.3 Å². The number of esters is 1. The zero-order chi connectivity index (χ0) is 19.2. The molecule has 0 saturated heterocycles. The summed E-state index contributed by atoms with van der Waals surface area (Å²) < 4.78 is 49.8. The van der Waals surface area contributed by atoms with Crippen molar-refractivity contribution in [2.45, 2.75) is 6.36 Å². The van der Waals surface area contributed by atoms with E-state index >= 15 is 0 Å². The first kappa shape index (κ1) is 19.1. The van der Waals surface area contributed by atoms with Crippen LogP contribution in [0, 0.1) is 0 Å². The molecule has 0 atom stereocenters. The largest absolute Gasteiger partial charge is 0.573 e. The number of hydrogen-bond acceptors (Lipinski definition) is 5. The number of amides is 1. The Labute approximate surface area is 146 Å². The number of carbonyl (C=O) groups is 2. The first-order valence-electron chi connectivity index (χ1n) is 7.24. The van der Waals surface area contributed by atoms with Crippen LogP contribution in [0.15, 0.2) is 48.5 Å². The van der Waals surface area contributed by atoms with E-state index in [0.717, 1.165) is 24.3 Å². The summed E-state index contributed by atoms with van der Waals surface area (Å²) in [7, 11) is 1.44. The highest BCUT2D eigenvalue weighted by Gasteiger charge is 2.31. The van der Waals surface area contributed by atoms with Crippen molar-refractivity contribution < 1.29 is 37.0 Å². The van der Waals surface area contributed by atoms with E-state index in [1.54, 1.807) is 24.3 Å². The summed E-state index contributed by atoms with van der Waals surface area (Å²) in [5.41, 5.74) is 0.384. The fourth-order valence-electron chi connectivity index (χ4n) is 1.94. The summed E-state index contributed by atoms with van der Waals surface area (Å²) in [4.78, 5) is 23.7. The van der Waals surface area contributed by atoms with Crippen molar-refractivity contribution in [1.82, 2.24) is 0 Å². The van der Waals surface area contributed by atoms with Gasteiger partial charge in [-0.1, -0.05) is 12.1 Å². The maximum atomic E-state index is 12.1. The quantitative estimate of drug-likeness (QED) is 0.790. The SMILES string of the molecule is COc1ccccc1NC(=O)COC(=O)c1ccc(OC(F)(F)F)cc1. The van der Waals surface area contributed by atoms with E-state index in [1.807, 2.05) is 0 Å². The van der Waals surface area contributed by atoms with E-state index in [1.165, 1.54) is 7.11 Å². The molecule has 138 valence electrons. The van der Waals surface area contributed by atoms with Gasteiger partial charge in [-0.15, -0.1) is 13.2 Å². The van der Waals surface area contributed by atoms with Crippen LogP contribution in [0.2, 0.25) is 0 Å². The minimum atomic E-state index is -4.82. The second kappa shape index (κ2) is 8.24. The maximum Gasteiger partial charge on any atom is 0.573 e. The Morgan fingerprint density at radius 1 is 1.04 bits per heavy atom. The van der Waals surface area contributed by atoms with Gasteiger partial charge in [0, 0.05) is 0 Å². The summed E-state index contributed by atoms with van der Waals surface area (Å²) in [5.74, 6) is -1.49. The maximum absolute atomic E-state index is 12.1. The molecule has 0 heterocycles. The Bertz CT molecular complexity index is 775. The third-order valence-electron chi connectivity index (χ3n) is 3.04. The molecule has 26 heavy (non-hydrogen) atoms. The number of benzene rings is 2. The molecule has 0 radical (unpaired) electrons. The second-order valence-electron chi connectivity index (χ2n) is 4.90. The fourth-order valence-corrected chi connectivity index (χ4v) is 1.94. The number of halogens is 3. The first-order valence-corrected chi connectivity index (χ1v) is 7.24. The van der Waals surface area contributed by atoms with Crippen LogP contribution in [-0.2, 0) is 9.53 Å². The van der Waals surface area contributed by atoms with Crippen LogP contribution in [0.5, 0.6) is 11.5 Å². The van der Waals surface area contributed by atoms with Crippen molar-refractivity contribution in [1.29, 1.82) is 0 Å². The highest BCUT2D eigenvalue weighted by atomic mass is 19.4. The zero-order valence-corrected chi connectivity index (χ0v) is 13.5. The van der Waals surface area contributed by atoms with Crippen LogP contribution in [-0.4, -0.2) is 32.0 Å². The molecule has 0 bridgehead atoms. The molecule has 2 rings (SSSR count). The number of ether oxygens (including phenoxy) is 3. The van der Waals surface area contributed by atoms with Crippen LogP contribution >= 0.6 is 0 Å². The van der Waals surface area contributed by atoms with Gasteiger partial charge in [-0.3, -0.25) is 4.79 Å². The highest BCUT2D eigenvalue weighted by Crippen LogP contribution is 2.24. The number of carbonyl (C=O) groups excluding carboxylic acids is 2. The summed E-state index contributed by atoms with van der Waals surface area (Å²) in [6.07, 6.45) is -4.82. The van der Waals surface area contributed by atoms with E-state index in [9.17, 15) is 22.8 Å². The molecule has 1 N–H and O–H groups in total. The molecule has 0 fully saturated rings. The van der Waals surface area contributed by atoms with Crippen molar-refractivity contribution in [2.24, 2.45) is 0 Å². The number of rotatable bonds is 6. The topological polar surface area (TPSA) is 73.9 Å². The molecular formula is C17H14F3NO5. The van der Waals surface area contributed by atoms with Crippen LogP contribution in [0.1, 0.15) is 10.4 Å². The summed E-state index contributed by atoms with van der Waals surface area (Å²) in [6, 6.07) is 10.8. The van der Waals surface area contributed by atoms with Gasteiger partial charge in [0.1, 0.15) is 11.5 Å². The number of nitrogens with one attached hydrogen (secondary N) is 1. The minimum absolute atomic E-state index is 0.0235. The Balaban J connectivity index is 1.88. The van der Waals surface area contributed by atoms with E-state index in [-0.39, 0.29) is 5.56 Å². The Morgan fingerprint density at radius 3 is 2.31 bits per heavy atom. The molecule has 0 aliphatic rings. The van der Waals surface area contributed by atoms with Gasteiger partial charge in [0.25, 0.3) is 5.91 Å². The molecule has 0 aliphatic carbocycles. The standard InChI is InChI=1S/C17H14F3NO5/c1-24-14-5-3-2-4-13(14)21-15(22)10-25-16(23)11-6-8-12(9-7-11)26-17(18,19)20/h2-9H,10H2,1H3,(H,21,22). The molecular weight excluding hydrogens is 355 g/mol. The molecule has 0 unspecified atom stereocenters. The summed E-state index contributed by atoms with van der Waals surface area (Å²) in [5, 5.41) is 2.52. The van der Waals surface area contributed by atoms with Gasteiger partial charge in [-0.2, -0.15) is 0 Å². The molecule has 2 aromatic carbocycles. The molecule has 9 heteroatoms. The van der Waals surface area contributed by atoms with Gasteiger partial charge in [0.05, 0.1) is 18.4 Å². The van der Waals surface area contributed by atoms with Gasteiger partial charge in [-0.05, 0) is 36.4 Å². The van der Waals surface area contributed by atoms with Crippen molar-refractivity contribution in [3.63, 3.8) is 0 Å². The van der Waals surface area contributed by atoms with E-state index < -0.39 is 30.6 Å². The van der Waals surface area contributed by atoms with E-state index in [4.69, 9.17) is 9.47 Å². The Kier molecular flexibility index (Phi) is 6.05. The second-order valence-corrected chi connectivity index (χ2v) is 4.90. The van der Waals surface area contributed by atoms with Gasteiger partial charge < -0.3 is 19.5 Å². The monoisotopic (exact) mass is 369 g/mol. The van der Waals surface area contributed by atoms with Gasteiger partial charge in [0.15, 0.2) is 6.61 Å². The average Bonchev–Trinajstić information content (AvgIpc) is 2.59. The zero-order valence-electron chi connectivity index (χ0n) is 13.5. The van der Waals surface area contributed by atoms with Gasteiger partial charge in [0.2, 0.25) is 0 Å². The number of methoxy groups -OCH3 is 1. The van der Waals surface area contributed by atoms with Crippen molar-refractivity contribution in [2.75, 3.05) is 19.0 Å². The number of hydrogen-bond donors (Lipinski definition) is 1. The third kappa shape index (κ3) is 5.69. The number of anilines is 1. The summed E-state index contributed by atoms with van der Waals surface area (Å²) in [6.45, 7) is -0.572. The van der Waals surface area contributed by atoms with Crippen LogP contribution in [0.4, 0.5) is 18.9 Å². The van der Waals surface area contributed by atoms with Crippen LogP contribution in [0.3, 0.4) is 0 Å². The average molecular weight is 369 g/mol. The Morgan fingerprint density at radius 2 is 1.69 bits per heavy atom. The summed E-state index contributed by atoms with van der Waals surface area (Å²) >= 11 is 0. The number of alkyl halides is 3. The lowest BCUT2D eigenvalue weighted by Crippen LogP contribution is -2.21. The lowest BCUT2D eigenvalue weighted by atomic mass is 10.2. The van der Waals surface area contributed by atoms with Crippen LogP contribution in [0.25, 0.3) is 0 Å². The fraction of sp³-hybridized carbons (Fsp3) is 0.176. The third-order valence-corrected chi connectivity index (χ3v) is 3.04. The van der Waals surface area contributed by atoms with Crippen LogP contribution < -0.4 is 14.8 Å². The van der Waals surface area contributed by atoms with E-state index in [2.05, 4.69) is 10.1 Å². The molecule has 0 aromatic heterocycles. The first-order chi connectivity index (χ1) is 12.3. The lowest BCUT2D eigenvalue weighted by Gasteiger charge is -2.10. The molecule has 0 aliphatic heterocycles. The molecule has 6 nitrogen and oxygen atoms in total. The van der Waals surface area contributed by atoms with Crippen molar-refractivity contribution in [3.05, 3.63) is 54.1 Å². The van der Waals surface area contributed by atoms with Gasteiger partial charge in [-0.25, -0.2) is 4.79 Å². The molecule has 0 saturated carbocycles. The normalized spacial score (nSPS) is 10.8. The molecule has 2 aromatic rings. The minimum Gasteiger partial charge on any atom is -0.495 e. The highest BCUT2D eigenvalue weighted by molar-refractivity contribution is 5.96. The lowest BCUT2D eigenvalue weighted by molar-refractivity contribution is -0.274. The molecule has 0 spiro atoms. The Hall–Kier alpha value is -3.23. The van der Waals surface area contributed by atoms with Crippen molar-refractivity contribution >= 4 is 17.6 Å². The smallest absolute Gasteiger partial charge is 0.495 e.